The second kappa shape index (κ2) is 9.76. The predicted molar refractivity (Wildman–Crippen MR) is 91.4 cm³/mol. The largest absolute Gasteiger partial charge is 1.00 e. The number of aromatic nitrogens is 1. The summed E-state index contributed by atoms with van der Waals surface area (Å²) in [5.74, 6) is -4.22. The molecule has 0 bridgehead atoms. The third-order valence-electron chi connectivity index (χ3n) is 3.60. The molecule has 0 unspecified atom stereocenters. The van der Waals surface area contributed by atoms with E-state index in [0.717, 1.165) is 11.3 Å². The molecular formula is C18H10ClF3NNaO3S. The maximum atomic E-state index is 13.8. The number of rotatable bonds is 6. The molecule has 0 N–H and O–H groups in total. The molecule has 0 atom stereocenters. The van der Waals surface area contributed by atoms with Crippen LogP contribution in [0.25, 0.3) is 0 Å². The molecule has 0 fully saturated rings. The molecule has 1 aromatic heterocycles. The monoisotopic (exact) mass is 435 g/mol. The number of thiazole rings is 1. The maximum Gasteiger partial charge on any atom is 1.00 e. The normalized spacial score (nSPS) is 10.4. The summed E-state index contributed by atoms with van der Waals surface area (Å²) < 4.78 is 46.0. The van der Waals surface area contributed by atoms with Gasteiger partial charge in [0.25, 0.3) is 0 Å². The minimum atomic E-state index is -1.38. The first kappa shape index (κ1) is 22.7. The summed E-state index contributed by atoms with van der Waals surface area (Å²) in [7, 11) is 0. The van der Waals surface area contributed by atoms with Gasteiger partial charge in [-0.1, -0.05) is 11.6 Å². The van der Waals surface area contributed by atoms with E-state index in [1.165, 1.54) is 12.1 Å². The quantitative estimate of drug-likeness (QED) is 0.536. The third-order valence-corrected chi connectivity index (χ3v) is 4.70. The first-order valence-electron chi connectivity index (χ1n) is 7.54. The third kappa shape index (κ3) is 5.48. The molecule has 4 nitrogen and oxygen atoms in total. The van der Waals surface area contributed by atoms with Gasteiger partial charge in [0.2, 0.25) is 0 Å². The summed E-state index contributed by atoms with van der Waals surface area (Å²) in [6, 6.07) is 5.77. The number of ether oxygens (including phenoxy) is 1. The van der Waals surface area contributed by atoms with Gasteiger partial charge in [0.05, 0.1) is 11.3 Å². The first-order chi connectivity index (χ1) is 12.8. The van der Waals surface area contributed by atoms with Crippen molar-refractivity contribution < 1.29 is 57.4 Å². The molecule has 0 saturated carbocycles. The molecule has 140 valence electrons. The van der Waals surface area contributed by atoms with E-state index < -0.39 is 35.6 Å². The van der Waals surface area contributed by atoms with Gasteiger partial charge < -0.3 is 14.6 Å². The van der Waals surface area contributed by atoms with Crippen molar-refractivity contribution in [2.45, 2.75) is 13.0 Å². The Labute approximate surface area is 189 Å². The van der Waals surface area contributed by atoms with E-state index in [9.17, 15) is 23.1 Å². The van der Waals surface area contributed by atoms with Crippen LogP contribution in [0.15, 0.2) is 35.7 Å². The second-order valence-electron chi connectivity index (χ2n) is 5.50. The van der Waals surface area contributed by atoms with Gasteiger partial charge in [-0.2, -0.15) is 0 Å². The summed E-state index contributed by atoms with van der Waals surface area (Å²) in [6.45, 7) is -0.464. The molecule has 0 aliphatic carbocycles. The fourth-order valence-electron chi connectivity index (χ4n) is 2.36. The maximum absolute atomic E-state index is 13.8. The molecule has 2 aromatic carbocycles. The Bertz CT molecular complexity index is 992. The van der Waals surface area contributed by atoms with E-state index in [4.69, 9.17) is 16.3 Å². The zero-order valence-electron chi connectivity index (χ0n) is 14.5. The zero-order valence-corrected chi connectivity index (χ0v) is 18.0. The van der Waals surface area contributed by atoms with E-state index in [1.807, 2.05) is 0 Å². The Balaban J connectivity index is 0.00000280. The Morgan fingerprint density at radius 2 is 1.86 bits per heavy atom. The number of halogens is 4. The van der Waals surface area contributed by atoms with E-state index >= 15 is 0 Å². The van der Waals surface area contributed by atoms with Crippen molar-refractivity contribution in [2.75, 3.05) is 0 Å². The molecule has 3 rings (SSSR count). The molecule has 0 amide bonds. The van der Waals surface area contributed by atoms with Crippen LogP contribution < -0.4 is 39.4 Å². The van der Waals surface area contributed by atoms with Crippen LogP contribution in [-0.4, -0.2) is 11.0 Å². The van der Waals surface area contributed by atoms with Crippen LogP contribution in [0.2, 0.25) is 5.02 Å². The molecule has 0 radical (unpaired) electrons. The van der Waals surface area contributed by atoms with Gasteiger partial charge in [-0.25, -0.2) is 18.2 Å². The first-order valence-corrected chi connectivity index (χ1v) is 8.79. The van der Waals surface area contributed by atoms with Crippen LogP contribution in [-0.2, 0) is 13.0 Å². The van der Waals surface area contributed by atoms with Crippen LogP contribution in [0.3, 0.4) is 0 Å². The van der Waals surface area contributed by atoms with Crippen molar-refractivity contribution in [1.82, 2.24) is 4.98 Å². The standard InChI is InChI=1S/C18H11ClF3NO3S.Na/c19-10-1-2-16(26-7-13-14(21)5-11(20)6-15(13)22)9(3-10)4-12-8-27-17(23-12)18(24)25;/h1-3,5-6,8H,4,7H2,(H,24,25);/q;+1/p-1. The van der Waals surface area contributed by atoms with Crippen LogP contribution in [0.4, 0.5) is 13.2 Å². The van der Waals surface area contributed by atoms with E-state index in [1.54, 1.807) is 11.4 Å². The average molecular weight is 436 g/mol. The molecule has 10 heteroatoms. The Hall–Kier alpha value is -1.58. The van der Waals surface area contributed by atoms with E-state index in [2.05, 4.69) is 4.98 Å². The topological polar surface area (TPSA) is 62.2 Å². The summed E-state index contributed by atoms with van der Waals surface area (Å²) >= 11 is 6.91. The van der Waals surface area contributed by atoms with Gasteiger partial charge >= 0.3 is 29.6 Å². The number of carbonyl (C=O) groups is 1. The van der Waals surface area contributed by atoms with Crippen molar-refractivity contribution in [3.63, 3.8) is 0 Å². The minimum absolute atomic E-state index is 0. The predicted octanol–water partition coefficient (Wildman–Crippen LogP) is 0.751. The van der Waals surface area contributed by atoms with Crippen LogP contribution >= 0.6 is 22.9 Å². The molecule has 0 aliphatic heterocycles. The molecule has 3 aromatic rings. The summed E-state index contributed by atoms with van der Waals surface area (Å²) in [4.78, 5) is 14.8. The van der Waals surface area contributed by atoms with Gasteiger partial charge in [0, 0.05) is 34.5 Å². The van der Waals surface area contributed by atoms with E-state index in [0.29, 0.717) is 28.4 Å². The molecule has 28 heavy (non-hydrogen) atoms. The number of nitrogens with zero attached hydrogens (tertiary/aromatic N) is 1. The Kier molecular flexibility index (Phi) is 7.91. The fraction of sp³-hybridized carbons (Fsp3) is 0.111. The SMILES string of the molecule is O=C([O-])c1nc(Cc2cc(Cl)ccc2OCc2c(F)cc(F)cc2F)cs1.[Na+]. The summed E-state index contributed by atoms with van der Waals surface area (Å²) in [5.41, 5.74) is 0.580. The van der Waals surface area contributed by atoms with Gasteiger partial charge in [0.1, 0.15) is 40.8 Å². The molecule has 0 aliphatic rings. The van der Waals surface area contributed by atoms with Crippen molar-refractivity contribution >= 4 is 28.9 Å². The van der Waals surface area contributed by atoms with Crippen LogP contribution in [0.5, 0.6) is 5.75 Å². The van der Waals surface area contributed by atoms with Crippen molar-refractivity contribution in [3.05, 3.63) is 80.0 Å². The number of carbonyl (C=O) groups excluding carboxylic acids is 1. The fourth-order valence-corrected chi connectivity index (χ4v) is 3.21. The number of benzene rings is 2. The second-order valence-corrected chi connectivity index (χ2v) is 6.79. The molecule has 1 heterocycles. The minimum Gasteiger partial charge on any atom is -0.542 e. The molecule has 0 saturated heterocycles. The number of aromatic carboxylic acids is 1. The number of carboxylic acid groups (broad SMARTS) is 1. The van der Waals surface area contributed by atoms with Crippen molar-refractivity contribution in [3.8, 4) is 5.75 Å². The van der Waals surface area contributed by atoms with Crippen LogP contribution in [0.1, 0.15) is 26.6 Å². The van der Waals surface area contributed by atoms with Crippen molar-refractivity contribution in [2.24, 2.45) is 0 Å². The zero-order chi connectivity index (χ0) is 19.6. The summed E-state index contributed by atoms with van der Waals surface area (Å²) in [5, 5.41) is 12.6. The smallest absolute Gasteiger partial charge is 0.542 e. The number of hydrogen-bond acceptors (Lipinski definition) is 5. The van der Waals surface area contributed by atoms with Crippen LogP contribution in [0, 0.1) is 17.5 Å². The number of carboxylic acids is 1. The molecular weight excluding hydrogens is 426 g/mol. The van der Waals surface area contributed by atoms with Gasteiger partial charge in [-0.05, 0) is 18.2 Å². The summed E-state index contributed by atoms with van der Waals surface area (Å²) in [6.07, 6.45) is 0.189. The average Bonchev–Trinajstić information content (AvgIpc) is 3.04. The Morgan fingerprint density at radius 1 is 1.18 bits per heavy atom. The van der Waals surface area contributed by atoms with Gasteiger partial charge in [-0.3, -0.25) is 0 Å². The number of hydrogen-bond donors (Lipinski definition) is 0. The van der Waals surface area contributed by atoms with E-state index in [-0.39, 0.29) is 46.7 Å². The Morgan fingerprint density at radius 3 is 2.46 bits per heavy atom. The van der Waals surface area contributed by atoms with Gasteiger partial charge in [0.15, 0.2) is 0 Å². The molecule has 0 spiro atoms. The van der Waals surface area contributed by atoms with Gasteiger partial charge in [-0.15, -0.1) is 11.3 Å². The van der Waals surface area contributed by atoms with Crippen molar-refractivity contribution in [1.29, 1.82) is 0 Å².